The van der Waals surface area contributed by atoms with Gasteiger partial charge in [-0.2, -0.15) is 0 Å². The van der Waals surface area contributed by atoms with E-state index in [4.69, 9.17) is 5.73 Å². The summed E-state index contributed by atoms with van der Waals surface area (Å²) in [6.45, 7) is 4.26. The van der Waals surface area contributed by atoms with Gasteiger partial charge < -0.3 is 11.1 Å². The highest BCUT2D eigenvalue weighted by atomic mass is 79.9. The third kappa shape index (κ3) is 6.41. The van der Waals surface area contributed by atoms with Crippen molar-refractivity contribution in [3.05, 3.63) is 28.2 Å². The minimum absolute atomic E-state index is 0.814. The molecule has 0 fully saturated rings. The molecule has 18 heavy (non-hydrogen) atoms. The van der Waals surface area contributed by atoms with E-state index in [1.165, 1.54) is 44.1 Å². The van der Waals surface area contributed by atoms with Crippen molar-refractivity contribution in [2.75, 3.05) is 12.3 Å². The molecule has 0 aliphatic carbocycles. The molecule has 2 nitrogen and oxygen atoms in total. The predicted molar refractivity (Wildman–Crippen MR) is 83.6 cm³/mol. The topological polar surface area (TPSA) is 38.0 Å². The van der Waals surface area contributed by atoms with Crippen molar-refractivity contribution in [1.82, 2.24) is 5.32 Å². The molecule has 3 N–H and O–H groups in total. The summed E-state index contributed by atoms with van der Waals surface area (Å²) in [4.78, 5) is 0. The Hall–Kier alpha value is -0.540. The summed E-state index contributed by atoms with van der Waals surface area (Å²) in [5.74, 6) is 0. The van der Waals surface area contributed by atoms with Crippen molar-refractivity contribution in [3.63, 3.8) is 0 Å². The summed E-state index contributed by atoms with van der Waals surface area (Å²) in [6, 6.07) is 6.14. The Balaban J connectivity index is 2.05. The van der Waals surface area contributed by atoms with Crippen LogP contribution >= 0.6 is 15.9 Å². The molecule has 1 aromatic rings. The van der Waals surface area contributed by atoms with E-state index in [1.54, 1.807) is 0 Å². The SMILES string of the molecule is CCCCCCCCNCc1ccc(Br)c(N)c1. The van der Waals surface area contributed by atoms with Gasteiger partial charge in [-0.3, -0.25) is 0 Å². The molecule has 0 aromatic heterocycles. The highest BCUT2D eigenvalue weighted by Gasteiger charge is 1.97. The molecule has 0 saturated heterocycles. The van der Waals surface area contributed by atoms with Crippen LogP contribution < -0.4 is 11.1 Å². The normalized spacial score (nSPS) is 10.8. The number of rotatable bonds is 9. The lowest BCUT2D eigenvalue weighted by molar-refractivity contribution is 0.572. The van der Waals surface area contributed by atoms with Gasteiger partial charge in [0.15, 0.2) is 0 Å². The Kier molecular flexibility index (Phi) is 8.10. The van der Waals surface area contributed by atoms with Crippen LogP contribution in [0.4, 0.5) is 5.69 Å². The first-order valence-electron chi connectivity index (χ1n) is 6.98. The summed E-state index contributed by atoms with van der Waals surface area (Å²) in [5.41, 5.74) is 7.91. The van der Waals surface area contributed by atoms with Crippen LogP contribution in [0, 0.1) is 0 Å². The van der Waals surface area contributed by atoms with Gasteiger partial charge in [0.05, 0.1) is 0 Å². The Morgan fingerprint density at radius 3 is 2.56 bits per heavy atom. The van der Waals surface area contributed by atoms with E-state index in [1.807, 2.05) is 12.1 Å². The molecule has 0 aliphatic rings. The molecule has 0 atom stereocenters. The number of benzene rings is 1. The zero-order valence-corrected chi connectivity index (χ0v) is 12.9. The zero-order valence-electron chi connectivity index (χ0n) is 11.3. The zero-order chi connectivity index (χ0) is 13.2. The Morgan fingerprint density at radius 2 is 1.83 bits per heavy atom. The highest BCUT2D eigenvalue weighted by molar-refractivity contribution is 9.10. The average Bonchev–Trinajstić information content (AvgIpc) is 2.37. The molecule has 0 aliphatic heterocycles. The standard InChI is InChI=1S/C15H25BrN2/c1-2-3-4-5-6-7-10-18-12-13-8-9-14(16)15(17)11-13/h8-9,11,18H,2-7,10,12,17H2,1H3. The smallest absolute Gasteiger partial charge is 0.0461 e. The van der Waals surface area contributed by atoms with E-state index < -0.39 is 0 Å². The van der Waals surface area contributed by atoms with Gasteiger partial charge in [-0.05, 0) is 46.6 Å². The van der Waals surface area contributed by atoms with Crippen molar-refractivity contribution in [1.29, 1.82) is 0 Å². The summed E-state index contributed by atoms with van der Waals surface area (Å²) in [7, 11) is 0. The number of anilines is 1. The molecule has 1 aromatic carbocycles. The number of nitrogens with two attached hydrogens (primary N) is 1. The maximum Gasteiger partial charge on any atom is 0.0461 e. The third-order valence-corrected chi connectivity index (χ3v) is 3.82. The van der Waals surface area contributed by atoms with E-state index >= 15 is 0 Å². The van der Waals surface area contributed by atoms with Gasteiger partial charge in [0.1, 0.15) is 0 Å². The molecule has 0 bridgehead atoms. The van der Waals surface area contributed by atoms with Crippen LogP contribution in [-0.2, 0) is 6.54 Å². The first-order valence-corrected chi connectivity index (χ1v) is 7.78. The van der Waals surface area contributed by atoms with E-state index in [-0.39, 0.29) is 0 Å². The number of halogens is 1. The van der Waals surface area contributed by atoms with Crippen LogP contribution in [0.3, 0.4) is 0 Å². The van der Waals surface area contributed by atoms with Crippen molar-refractivity contribution < 1.29 is 0 Å². The van der Waals surface area contributed by atoms with Crippen LogP contribution in [0.25, 0.3) is 0 Å². The highest BCUT2D eigenvalue weighted by Crippen LogP contribution is 2.19. The van der Waals surface area contributed by atoms with Crippen LogP contribution in [-0.4, -0.2) is 6.54 Å². The van der Waals surface area contributed by atoms with Crippen LogP contribution in [0.1, 0.15) is 51.0 Å². The second kappa shape index (κ2) is 9.40. The molecule has 0 radical (unpaired) electrons. The van der Waals surface area contributed by atoms with Crippen LogP contribution in [0.2, 0.25) is 0 Å². The quantitative estimate of drug-likeness (QED) is 0.521. The van der Waals surface area contributed by atoms with E-state index in [2.05, 4.69) is 34.2 Å². The minimum atomic E-state index is 0.814. The summed E-state index contributed by atoms with van der Waals surface area (Å²) in [6.07, 6.45) is 8.08. The Bertz CT molecular complexity index is 339. The lowest BCUT2D eigenvalue weighted by Gasteiger charge is -2.06. The second-order valence-corrected chi connectivity index (χ2v) is 5.65. The molecule has 1 rings (SSSR count). The molecule has 0 spiro atoms. The van der Waals surface area contributed by atoms with Gasteiger partial charge in [-0.15, -0.1) is 0 Å². The number of hydrogen-bond acceptors (Lipinski definition) is 2. The number of hydrogen-bond donors (Lipinski definition) is 2. The van der Waals surface area contributed by atoms with E-state index in [0.717, 1.165) is 23.2 Å². The lowest BCUT2D eigenvalue weighted by atomic mass is 10.1. The Labute approximate surface area is 119 Å². The fraction of sp³-hybridized carbons (Fsp3) is 0.600. The first kappa shape index (κ1) is 15.5. The molecule has 102 valence electrons. The van der Waals surface area contributed by atoms with Crippen LogP contribution in [0.5, 0.6) is 0 Å². The van der Waals surface area contributed by atoms with E-state index in [0.29, 0.717) is 0 Å². The fourth-order valence-corrected chi connectivity index (χ4v) is 2.21. The number of unbranched alkanes of at least 4 members (excludes halogenated alkanes) is 5. The van der Waals surface area contributed by atoms with Crippen molar-refractivity contribution in [2.45, 2.75) is 52.0 Å². The average molecular weight is 313 g/mol. The molecule has 0 unspecified atom stereocenters. The molecule has 0 heterocycles. The second-order valence-electron chi connectivity index (χ2n) is 4.80. The third-order valence-electron chi connectivity index (χ3n) is 3.10. The van der Waals surface area contributed by atoms with Gasteiger partial charge in [0, 0.05) is 16.7 Å². The summed E-state index contributed by atoms with van der Waals surface area (Å²) < 4.78 is 0.974. The first-order chi connectivity index (χ1) is 8.74. The van der Waals surface area contributed by atoms with Gasteiger partial charge in [0.2, 0.25) is 0 Å². The van der Waals surface area contributed by atoms with Crippen molar-refractivity contribution in [3.8, 4) is 0 Å². The molecular formula is C15H25BrN2. The minimum Gasteiger partial charge on any atom is -0.398 e. The summed E-state index contributed by atoms with van der Waals surface area (Å²) >= 11 is 3.41. The Morgan fingerprint density at radius 1 is 1.11 bits per heavy atom. The summed E-state index contributed by atoms with van der Waals surface area (Å²) in [5, 5.41) is 3.47. The maximum absolute atomic E-state index is 5.84. The molecular weight excluding hydrogens is 288 g/mol. The van der Waals surface area contributed by atoms with Gasteiger partial charge in [-0.25, -0.2) is 0 Å². The van der Waals surface area contributed by atoms with Gasteiger partial charge in [-0.1, -0.05) is 45.1 Å². The lowest BCUT2D eigenvalue weighted by Crippen LogP contribution is -2.14. The monoisotopic (exact) mass is 312 g/mol. The van der Waals surface area contributed by atoms with Crippen molar-refractivity contribution >= 4 is 21.6 Å². The van der Waals surface area contributed by atoms with Crippen molar-refractivity contribution in [2.24, 2.45) is 0 Å². The molecule has 0 amide bonds. The number of nitrogen functional groups attached to an aromatic ring is 1. The maximum atomic E-state index is 5.84. The molecule has 3 heteroatoms. The number of nitrogens with one attached hydrogen (secondary N) is 1. The van der Waals surface area contributed by atoms with Crippen LogP contribution in [0.15, 0.2) is 22.7 Å². The largest absolute Gasteiger partial charge is 0.398 e. The van der Waals surface area contributed by atoms with Gasteiger partial charge >= 0.3 is 0 Å². The fourth-order valence-electron chi connectivity index (χ4n) is 1.97. The van der Waals surface area contributed by atoms with E-state index in [9.17, 15) is 0 Å². The predicted octanol–water partition coefficient (Wildman–Crippen LogP) is 4.48. The molecule has 0 saturated carbocycles. The van der Waals surface area contributed by atoms with Gasteiger partial charge in [0.25, 0.3) is 0 Å².